The van der Waals surface area contributed by atoms with E-state index < -0.39 is 6.10 Å². The molecule has 0 spiro atoms. The van der Waals surface area contributed by atoms with Crippen LogP contribution in [0.1, 0.15) is 12.8 Å². The number of aliphatic hydroxyl groups excluding tert-OH is 1. The highest BCUT2D eigenvalue weighted by Gasteiger charge is 2.31. The van der Waals surface area contributed by atoms with Gasteiger partial charge in [-0.25, -0.2) is 4.68 Å². The molecule has 0 radical (unpaired) electrons. The molecule has 0 saturated carbocycles. The fourth-order valence-electron chi connectivity index (χ4n) is 3.92. The first-order chi connectivity index (χ1) is 12.7. The summed E-state index contributed by atoms with van der Waals surface area (Å²) in [4.78, 5) is 16.9. The zero-order valence-electron chi connectivity index (χ0n) is 14.8. The number of para-hydroxylation sites is 1. The maximum atomic E-state index is 12.8. The van der Waals surface area contributed by atoms with Crippen molar-refractivity contribution < 1.29 is 14.6 Å². The number of carbonyl (C=O) groups excluding carboxylic acids is 1. The van der Waals surface area contributed by atoms with Crippen LogP contribution in [0.25, 0.3) is 11.0 Å². The zero-order chi connectivity index (χ0) is 17.9. The number of carbonyl (C=O) groups is 1. The number of aliphatic hydroxyl groups is 1. The molecule has 2 saturated heterocycles. The molecule has 2 aromatic rings. The number of nitrogens with zero attached hydrogens (tertiary/aromatic N) is 5. The predicted octanol–water partition coefficient (Wildman–Crippen LogP) is 0.115. The van der Waals surface area contributed by atoms with Crippen LogP contribution in [0.5, 0.6) is 0 Å². The summed E-state index contributed by atoms with van der Waals surface area (Å²) in [5.41, 5.74) is 1.65. The molecule has 1 aromatic carbocycles. The van der Waals surface area contributed by atoms with Crippen LogP contribution in [0, 0.1) is 0 Å². The summed E-state index contributed by atoms with van der Waals surface area (Å²) in [5.74, 6) is 0.0236. The molecule has 2 aliphatic rings. The maximum absolute atomic E-state index is 12.8. The van der Waals surface area contributed by atoms with E-state index >= 15 is 0 Å². The summed E-state index contributed by atoms with van der Waals surface area (Å²) in [6.45, 7) is 4.54. The smallest absolute Gasteiger partial charge is 0.244 e. The molecule has 1 amide bonds. The number of aromatic nitrogens is 3. The lowest BCUT2D eigenvalue weighted by Crippen LogP contribution is -2.49. The SMILES string of the molecule is O=C(Cn1nnc2ccccc21)N1CC[C@H](O)[C@@H](N2CCOCC2)CC1. The van der Waals surface area contributed by atoms with E-state index in [1.807, 2.05) is 29.2 Å². The van der Waals surface area contributed by atoms with Crippen molar-refractivity contribution in [2.45, 2.75) is 31.5 Å². The molecule has 8 nitrogen and oxygen atoms in total. The molecule has 2 fully saturated rings. The Labute approximate surface area is 152 Å². The molecule has 3 heterocycles. The van der Waals surface area contributed by atoms with Gasteiger partial charge < -0.3 is 14.7 Å². The van der Waals surface area contributed by atoms with E-state index in [0.29, 0.717) is 32.7 Å². The lowest BCUT2D eigenvalue weighted by molar-refractivity contribution is -0.132. The minimum absolute atomic E-state index is 0.0236. The van der Waals surface area contributed by atoms with Crippen molar-refractivity contribution in [1.82, 2.24) is 24.8 Å². The molecule has 1 aromatic heterocycles. The highest BCUT2D eigenvalue weighted by Crippen LogP contribution is 2.19. The number of ether oxygens (including phenoxy) is 1. The van der Waals surface area contributed by atoms with Gasteiger partial charge in [-0.3, -0.25) is 9.69 Å². The highest BCUT2D eigenvalue weighted by atomic mass is 16.5. The summed E-state index contributed by atoms with van der Waals surface area (Å²) in [5, 5.41) is 18.8. The van der Waals surface area contributed by atoms with Crippen LogP contribution < -0.4 is 0 Å². The Kier molecular flexibility index (Phi) is 5.14. The standard InChI is InChI=1S/C18H25N5O3/c24-17-6-8-22(7-5-16(17)21-9-11-26-12-10-21)18(25)13-23-15-4-2-1-3-14(15)19-20-23/h1-4,16-17,24H,5-13H2/t16-,17-/m0/s1. The number of amides is 1. The average molecular weight is 359 g/mol. The molecule has 140 valence electrons. The summed E-state index contributed by atoms with van der Waals surface area (Å²) in [7, 11) is 0. The van der Waals surface area contributed by atoms with Gasteiger partial charge in [0.25, 0.3) is 0 Å². The first-order valence-corrected chi connectivity index (χ1v) is 9.28. The first kappa shape index (κ1) is 17.4. The van der Waals surface area contributed by atoms with Crippen molar-refractivity contribution in [3.63, 3.8) is 0 Å². The summed E-state index contributed by atoms with van der Waals surface area (Å²) < 4.78 is 7.06. The van der Waals surface area contributed by atoms with E-state index in [4.69, 9.17) is 4.74 Å². The van der Waals surface area contributed by atoms with Gasteiger partial charge in [-0.2, -0.15) is 0 Å². The third-order valence-corrected chi connectivity index (χ3v) is 5.41. The van der Waals surface area contributed by atoms with Crippen LogP contribution >= 0.6 is 0 Å². The summed E-state index contributed by atoms with van der Waals surface area (Å²) in [6.07, 6.45) is 0.981. The van der Waals surface area contributed by atoms with Crippen LogP contribution in [0.2, 0.25) is 0 Å². The Balaban J connectivity index is 1.40. The van der Waals surface area contributed by atoms with E-state index in [0.717, 1.165) is 30.5 Å². The third-order valence-electron chi connectivity index (χ3n) is 5.41. The summed E-state index contributed by atoms with van der Waals surface area (Å²) >= 11 is 0. The average Bonchev–Trinajstić information content (AvgIpc) is 2.97. The van der Waals surface area contributed by atoms with Crippen molar-refractivity contribution >= 4 is 16.9 Å². The molecular weight excluding hydrogens is 334 g/mol. The van der Waals surface area contributed by atoms with Crippen LogP contribution in [0.4, 0.5) is 0 Å². The Morgan fingerprint density at radius 3 is 2.77 bits per heavy atom. The predicted molar refractivity (Wildman–Crippen MR) is 95.5 cm³/mol. The number of benzene rings is 1. The topological polar surface area (TPSA) is 83.7 Å². The van der Waals surface area contributed by atoms with Crippen molar-refractivity contribution in [2.75, 3.05) is 39.4 Å². The highest BCUT2D eigenvalue weighted by molar-refractivity contribution is 5.79. The van der Waals surface area contributed by atoms with Gasteiger partial charge in [-0.15, -0.1) is 5.10 Å². The van der Waals surface area contributed by atoms with Gasteiger partial charge in [0.1, 0.15) is 12.1 Å². The molecule has 2 aliphatic heterocycles. The number of morpholine rings is 1. The molecule has 26 heavy (non-hydrogen) atoms. The minimum atomic E-state index is -0.405. The Morgan fingerprint density at radius 1 is 1.15 bits per heavy atom. The van der Waals surface area contributed by atoms with Crippen LogP contribution in [0.15, 0.2) is 24.3 Å². The quantitative estimate of drug-likeness (QED) is 0.838. The van der Waals surface area contributed by atoms with Gasteiger partial charge in [-0.1, -0.05) is 17.3 Å². The lowest BCUT2D eigenvalue weighted by Gasteiger charge is -2.36. The number of likely N-dealkylation sites (tertiary alicyclic amines) is 1. The maximum Gasteiger partial charge on any atom is 0.244 e. The van der Waals surface area contributed by atoms with Gasteiger partial charge in [0.05, 0.1) is 24.8 Å². The van der Waals surface area contributed by atoms with Gasteiger partial charge >= 0.3 is 0 Å². The van der Waals surface area contributed by atoms with E-state index in [2.05, 4.69) is 15.2 Å². The minimum Gasteiger partial charge on any atom is -0.391 e. The molecule has 2 atom stereocenters. The Hall–Kier alpha value is -2.03. The summed E-state index contributed by atoms with van der Waals surface area (Å²) in [6, 6.07) is 7.73. The molecular formula is C18H25N5O3. The monoisotopic (exact) mass is 359 g/mol. The molecule has 8 heteroatoms. The van der Waals surface area contributed by atoms with Gasteiger partial charge in [0, 0.05) is 32.2 Å². The van der Waals surface area contributed by atoms with Crippen LogP contribution in [-0.4, -0.2) is 87.3 Å². The zero-order valence-corrected chi connectivity index (χ0v) is 14.8. The van der Waals surface area contributed by atoms with Gasteiger partial charge in [0.15, 0.2) is 0 Å². The number of fused-ring (bicyclic) bond motifs is 1. The van der Waals surface area contributed by atoms with Crippen LogP contribution in [0.3, 0.4) is 0 Å². The number of rotatable bonds is 3. The lowest BCUT2D eigenvalue weighted by atomic mass is 10.0. The second kappa shape index (κ2) is 7.69. The number of hydrogen-bond acceptors (Lipinski definition) is 6. The fraction of sp³-hybridized carbons (Fsp3) is 0.611. The molecule has 1 N–H and O–H groups in total. The third kappa shape index (κ3) is 3.58. The molecule has 0 bridgehead atoms. The van der Waals surface area contributed by atoms with E-state index in [1.54, 1.807) is 4.68 Å². The second-order valence-electron chi connectivity index (χ2n) is 6.98. The van der Waals surface area contributed by atoms with Crippen molar-refractivity contribution in [3.05, 3.63) is 24.3 Å². The second-order valence-corrected chi connectivity index (χ2v) is 6.98. The van der Waals surface area contributed by atoms with Crippen LogP contribution in [-0.2, 0) is 16.1 Å². The van der Waals surface area contributed by atoms with E-state index in [-0.39, 0.29) is 18.5 Å². The van der Waals surface area contributed by atoms with Gasteiger partial charge in [0.2, 0.25) is 5.91 Å². The normalized spacial score (nSPS) is 25.3. The largest absolute Gasteiger partial charge is 0.391 e. The Bertz CT molecular complexity index is 758. The Morgan fingerprint density at radius 2 is 1.92 bits per heavy atom. The van der Waals surface area contributed by atoms with Gasteiger partial charge in [-0.05, 0) is 25.0 Å². The van der Waals surface area contributed by atoms with E-state index in [1.165, 1.54) is 0 Å². The molecule has 0 aliphatic carbocycles. The molecule has 0 unspecified atom stereocenters. The van der Waals surface area contributed by atoms with Crippen molar-refractivity contribution in [2.24, 2.45) is 0 Å². The van der Waals surface area contributed by atoms with Crippen molar-refractivity contribution in [1.29, 1.82) is 0 Å². The fourth-order valence-corrected chi connectivity index (χ4v) is 3.92. The first-order valence-electron chi connectivity index (χ1n) is 9.28. The number of hydrogen-bond donors (Lipinski definition) is 1. The van der Waals surface area contributed by atoms with E-state index in [9.17, 15) is 9.90 Å². The van der Waals surface area contributed by atoms with Crippen molar-refractivity contribution in [3.8, 4) is 0 Å². The molecule has 4 rings (SSSR count).